The first-order chi connectivity index (χ1) is 11.9. The van der Waals surface area contributed by atoms with E-state index in [1.165, 1.54) is 0 Å². The molecule has 0 bridgehead atoms. The van der Waals surface area contributed by atoms with E-state index < -0.39 is 0 Å². The lowest BCUT2D eigenvalue weighted by Gasteiger charge is -2.08. The molecule has 9 heteroatoms. The smallest absolute Gasteiger partial charge is 0.253 e. The molecule has 0 fully saturated rings. The van der Waals surface area contributed by atoms with Gasteiger partial charge in [0.25, 0.3) is 5.56 Å². The number of aryl methyl sites for hydroxylation is 4. The number of H-pyrrole nitrogens is 1. The summed E-state index contributed by atoms with van der Waals surface area (Å²) in [5.74, 6) is 0.541. The summed E-state index contributed by atoms with van der Waals surface area (Å²) in [7, 11) is 3.61. The second kappa shape index (κ2) is 6.50. The molecule has 3 heterocycles. The average molecular weight is 343 g/mol. The minimum Gasteiger partial charge on any atom is -0.349 e. The third-order valence-electron chi connectivity index (χ3n) is 4.41. The van der Waals surface area contributed by atoms with Crippen molar-refractivity contribution in [3.8, 4) is 0 Å². The summed E-state index contributed by atoms with van der Waals surface area (Å²) in [4.78, 5) is 27.3. The molecule has 3 rings (SSSR count). The molecular formula is C16H21N7O2. The van der Waals surface area contributed by atoms with Gasteiger partial charge in [-0.05, 0) is 25.8 Å². The first-order valence-corrected chi connectivity index (χ1v) is 8.03. The molecule has 0 unspecified atom stereocenters. The number of fused-ring (bicyclic) bond motifs is 1. The highest BCUT2D eigenvalue weighted by Gasteiger charge is 2.16. The van der Waals surface area contributed by atoms with Crippen molar-refractivity contribution in [2.75, 3.05) is 0 Å². The number of aromatic amines is 1. The van der Waals surface area contributed by atoms with Crippen molar-refractivity contribution in [3.05, 3.63) is 39.3 Å². The molecule has 0 aliphatic heterocycles. The number of nitrogens with zero attached hydrogens (tertiary/aromatic N) is 5. The molecule has 0 aliphatic carbocycles. The monoisotopic (exact) mass is 343 g/mol. The zero-order chi connectivity index (χ0) is 18.1. The highest BCUT2D eigenvalue weighted by Crippen LogP contribution is 2.21. The zero-order valence-electron chi connectivity index (χ0n) is 14.8. The van der Waals surface area contributed by atoms with Gasteiger partial charge in [0.05, 0.1) is 12.2 Å². The Morgan fingerprint density at radius 1 is 1.32 bits per heavy atom. The molecule has 0 saturated heterocycles. The number of amides is 1. The quantitative estimate of drug-likeness (QED) is 0.690. The Balaban J connectivity index is 1.73. The van der Waals surface area contributed by atoms with E-state index >= 15 is 0 Å². The molecule has 9 nitrogen and oxygen atoms in total. The summed E-state index contributed by atoms with van der Waals surface area (Å²) in [5, 5.41) is 15.8. The van der Waals surface area contributed by atoms with Gasteiger partial charge in [-0.15, -0.1) is 10.2 Å². The van der Waals surface area contributed by atoms with E-state index in [0.717, 1.165) is 16.6 Å². The normalized spacial score (nSPS) is 11.2. The summed E-state index contributed by atoms with van der Waals surface area (Å²) < 4.78 is 3.41. The van der Waals surface area contributed by atoms with Crippen LogP contribution in [0.1, 0.15) is 29.1 Å². The number of nitrogens with one attached hydrogen (secondary N) is 2. The van der Waals surface area contributed by atoms with Crippen molar-refractivity contribution in [1.82, 2.24) is 34.8 Å². The van der Waals surface area contributed by atoms with Crippen molar-refractivity contribution in [2.24, 2.45) is 14.1 Å². The number of rotatable bonds is 5. The summed E-state index contributed by atoms with van der Waals surface area (Å²) in [5.41, 5.74) is 2.90. The van der Waals surface area contributed by atoms with Gasteiger partial charge in [0, 0.05) is 31.5 Å². The van der Waals surface area contributed by atoms with Gasteiger partial charge in [0.15, 0.2) is 5.82 Å². The first-order valence-electron chi connectivity index (χ1n) is 8.03. The van der Waals surface area contributed by atoms with E-state index in [9.17, 15) is 9.59 Å². The third-order valence-corrected chi connectivity index (χ3v) is 4.41. The third kappa shape index (κ3) is 3.17. The van der Waals surface area contributed by atoms with Crippen LogP contribution in [0, 0.1) is 13.8 Å². The standard InChI is InChI=1S/C16H21N7O2/c1-9-11(16(25)19-15-14(9)10(2)21-23(15)4)5-6-13(24)17-7-12-20-18-8-22(12)3/h8H,5-7H2,1-4H3,(H,17,24)(H,19,25). The summed E-state index contributed by atoms with van der Waals surface area (Å²) >= 11 is 0. The maximum atomic E-state index is 12.4. The van der Waals surface area contributed by atoms with Crippen LogP contribution in [-0.2, 0) is 31.9 Å². The van der Waals surface area contributed by atoms with Gasteiger partial charge in [-0.3, -0.25) is 14.3 Å². The zero-order valence-corrected chi connectivity index (χ0v) is 14.8. The second-order valence-electron chi connectivity index (χ2n) is 6.13. The van der Waals surface area contributed by atoms with E-state index in [4.69, 9.17) is 0 Å². The largest absolute Gasteiger partial charge is 0.349 e. The molecule has 3 aromatic heterocycles. The predicted octanol–water partition coefficient (Wildman–Crippen LogP) is 0.256. The molecular weight excluding hydrogens is 322 g/mol. The molecule has 1 amide bonds. The number of carbonyl (C=O) groups is 1. The van der Waals surface area contributed by atoms with Crippen molar-refractivity contribution in [2.45, 2.75) is 33.2 Å². The van der Waals surface area contributed by atoms with E-state index in [2.05, 4.69) is 25.6 Å². The molecule has 132 valence electrons. The SMILES string of the molecule is Cc1nn(C)c2[nH]c(=O)c(CCC(=O)NCc3nncn3C)c(C)c12. The first kappa shape index (κ1) is 16.9. The maximum Gasteiger partial charge on any atom is 0.253 e. The number of hydrogen-bond acceptors (Lipinski definition) is 5. The van der Waals surface area contributed by atoms with Crippen LogP contribution in [0.4, 0.5) is 0 Å². The lowest BCUT2D eigenvalue weighted by atomic mass is 10.0. The van der Waals surface area contributed by atoms with Crippen molar-refractivity contribution in [1.29, 1.82) is 0 Å². The fourth-order valence-corrected chi connectivity index (χ4v) is 3.03. The summed E-state index contributed by atoms with van der Waals surface area (Å²) in [6, 6.07) is 0. The van der Waals surface area contributed by atoms with Gasteiger partial charge in [-0.25, -0.2) is 0 Å². The predicted molar refractivity (Wildman–Crippen MR) is 92.0 cm³/mol. The number of hydrogen-bond donors (Lipinski definition) is 2. The van der Waals surface area contributed by atoms with Gasteiger partial charge < -0.3 is 14.9 Å². The Labute approximate surface area is 144 Å². The molecule has 3 aromatic rings. The molecule has 0 spiro atoms. The van der Waals surface area contributed by atoms with Gasteiger partial charge in [-0.1, -0.05) is 0 Å². The Morgan fingerprint density at radius 2 is 2.08 bits per heavy atom. The van der Waals surface area contributed by atoms with Crippen molar-refractivity contribution < 1.29 is 4.79 Å². The van der Waals surface area contributed by atoms with Crippen molar-refractivity contribution in [3.63, 3.8) is 0 Å². The average Bonchev–Trinajstić information content (AvgIpc) is 3.08. The fourth-order valence-electron chi connectivity index (χ4n) is 3.03. The van der Waals surface area contributed by atoms with Crippen LogP contribution in [0.3, 0.4) is 0 Å². The van der Waals surface area contributed by atoms with Gasteiger partial charge >= 0.3 is 0 Å². The minimum atomic E-state index is -0.172. The van der Waals surface area contributed by atoms with E-state index in [0.29, 0.717) is 30.0 Å². The molecule has 0 aliphatic rings. The highest BCUT2D eigenvalue weighted by molar-refractivity contribution is 5.83. The number of carbonyl (C=O) groups excluding carboxylic acids is 1. The molecule has 25 heavy (non-hydrogen) atoms. The molecule has 0 aromatic carbocycles. The van der Waals surface area contributed by atoms with Crippen LogP contribution in [0.25, 0.3) is 11.0 Å². The Hall–Kier alpha value is -2.97. The number of pyridine rings is 1. The number of aromatic nitrogens is 6. The fraction of sp³-hybridized carbons (Fsp3) is 0.438. The maximum absolute atomic E-state index is 12.4. The lowest BCUT2D eigenvalue weighted by Crippen LogP contribution is -2.26. The van der Waals surface area contributed by atoms with Gasteiger partial charge in [0.1, 0.15) is 12.0 Å². The van der Waals surface area contributed by atoms with Crippen LogP contribution in [0.2, 0.25) is 0 Å². The molecule has 0 atom stereocenters. The Bertz CT molecular complexity index is 996. The molecule has 0 saturated carbocycles. The van der Waals surface area contributed by atoms with Crippen LogP contribution >= 0.6 is 0 Å². The van der Waals surface area contributed by atoms with Gasteiger partial charge in [0.2, 0.25) is 5.91 Å². The van der Waals surface area contributed by atoms with Crippen LogP contribution < -0.4 is 10.9 Å². The van der Waals surface area contributed by atoms with E-state index in [-0.39, 0.29) is 17.9 Å². The van der Waals surface area contributed by atoms with Gasteiger partial charge in [-0.2, -0.15) is 5.10 Å². The van der Waals surface area contributed by atoms with Crippen molar-refractivity contribution >= 4 is 16.9 Å². The Kier molecular flexibility index (Phi) is 4.39. The van der Waals surface area contributed by atoms with Crippen LogP contribution in [0.5, 0.6) is 0 Å². The van der Waals surface area contributed by atoms with Crippen LogP contribution in [0.15, 0.2) is 11.1 Å². The molecule has 2 N–H and O–H groups in total. The molecule has 0 radical (unpaired) electrons. The van der Waals surface area contributed by atoms with E-state index in [1.807, 2.05) is 20.9 Å². The Morgan fingerprint density at radius 3 is 2.76 bits per heavy atom. The minimum absolute atomic E-state index is 0.134. The van der Waals surface area contributed by atoms with E-state index in [1.54, 1.807) is 22.6 Å². The summed E-state index contributed by atoms with van der Waals surface area (Å²) in [6.45, 7) is 4.12. The second-order valence-corrected chi connectivity index (χ2v) is 6.13. The van der Waals surface area contributed by atoms with Crippen LogP contribution in [-0.4, -0.2) is 35.4 Å². The highest BCUT2D eigenvalue weighted by atomic mass is 16.1. The topological polar surface area (TPSA) is 110 Å². The lowest BCUT2D eigenvalue weighted by molar-refractivity contribution is -0.121. The summed E-state index contributed by atoms with van der Waals surface area (Å²) in [6.07, 6.45) is 2.18.